The van der Waals surface area contributed by atoms with Gasteiger partial charge in [0.15, 0.2) is 0 Å². The van der Waals surface area contributed by atoms with Gasteiger partial charge in [0, 0.05) is 54.6 Å². The quantitative estimate of drug-likeness (QED) is 0.278. The van der Waals surface area contributed by atoms with Crippen molar-refractivity contribution >= 4 is 28.4 Å². The maximum atomic E-state index is 12.5. The average molecular weight is 511 g/mol. The Kier molecular flexibility index (Phi) is 6.86. The summed E-state index contributed by atoms with van der Waals surface area (Å²) in [5.74, 6) is 0.790. The molecule has 0 radical (unpaired) electrons. The Bertz CT molecular complexity index is 1590. The molecule has 0 spiro atoms. The lowest BCUT2D eigenvalue weighted by molar-refractivity contribution is 0.0599. The van der Waals surface area contributed by atoms with E-state index in [2.05, 4.69) is 15.1 Å². The fraction of sp³-hybridized carbons (Fsp3) is 0.179. The first-order chi connectivity index (χ1) is 18.5. The zero-order valence-corrected chi connectivity index (χ0v) is 21.5. The van der Waals surface area contributed by atoms with Crippen molar-refractivity contribution in [1.29, 1.82) is 0 Å². The van der Waals surface area contributed by atoms with Crippen LogP contribution in [0.4, 0.5) is 11.4 Å². The van der Waals surface area contributed by atoms with Gasteiger partial charge in [0.1, 0.15) is 11.5 Å². The number of aromatic nitrogens is 5. The number of carbonyl (C=O) groups is 1. The van der Waals surface area contributed by atoms with Crippen molar-refractivity contribution in [3.63, 3.8) is 0 Å². The molecule has 10 nitrogen and oxygen atoms in total. The largest absolute Gasteiger partial charge is 0.497 e. The summed E-state index contributed by atoms with van der Waals surface area (Å²) < 4.78 is 17.8. The molecule has 0 N–H and O–H groups in total. The third-order valence-electron chi connectivity index (χ3n) is 6.09. The molecule has 10 heteroatoms. The van der Waals surface area contributed by atoms with Crippen LogP contribution < -0.4 is 14.4 Å². The van der Waals surface area contributed by atoms with Crippen LogP contribution in [0.5, 0.6) is 11.5 Å². The number of esters is 1. The number of pyridine rings is 1. The number of fused-ring (bicyclic) bond motifs is 1. The van der Waals surface area contributed by atoms with Crippen LogP contribution in [0.2, 0.25) is 0 Å². The number of methoxy groups -OCH3 is 3. The van der Waals surface area contributed by atoms with Crippen LogP contribution in [-0.2, 0) is 18.3 Å². The number of anilines is 2. The Morgan fingerprint density at radius 1 is 0.921 bits per heavy atom. The lowest BCUT2D eigenvalue weighted by atomic mass is 10.1. The summed E-state index contributed by atoms with van der Waals surface area (Å²) in [4.78, 5) is 28.4. The molecule has 0 aliphatic rings. The SMILES string of the molecule is COC(=O)c1cccnc1CN(c1cc(OC)cc(OC)c1)c1ccc2ncc(-c3cnn(C)c3)nc2c1. The Labute approximate surface area is 219 Å². The molecule has 0 atom stereocenters. The van der Waals surface area contributed by atoms with Gasteiger partial charge >= 0.3 is 5.97 Å². The second kappa shape index (κ2) is 10.6. The summed E-state index contributed by atoms with van der Waals surface area (Å²) in [7, 11) is 6.41. The van der Waals surface area contributed by atoms with Gasteiger partial charge in [0.25, 0.3) is 0 Å². The molecular weight excluding hydrogens is 484 g/mol. The van der Waals surface area contributed by atoms with Crippen LogP contribution in [0.25, 0.3) is 22.3 Å². The van der Waals surface area contributed by atoms with Crippen LogP contribution in [0.1, 0.15) is 16.1 Å². The first kappa shape index (κ1) is 24.7. The fourth-order valence-electron chi connectivity index (χ4n) is 4.15. The van der Waals surface area contributed by atoms with E-state index in [1.54, 1.807) is 55.7 Å². The van der Waals surface area contributed by atoms with Crippen LogP contribution in [0.15, 0.2) is 73.3 Å². The number of aryl methyl sites for hydroxylation is 1. The molecule has 3 aromatic heterocycles. The van der Waals surface area contributed by atoms with E-state index in [0.717, 1.165) is 28.1 Å². The molecule has 38 heavy (non-hydrogen) atoms. The first-order valence-electron chi connectivity index (χ1n) is 11.8. The van der Waals surface area contributed by atoms with E-state index in [4.69, 9.17) is 19.2 Å². The molecule has 0 saturated heterocycles. The van der Waals surface area contributed by atoms with Crippen LogP contribution >= 0.6 is 0 Å². The zero-order valence-electron chi connectivity index (χ0n) is 21.5. The predicted molar refractivity (Wildman–Crippen MR) is 143 cm³/mol. The van der Waals surface area contributed by atoms with Crippen molar-refractivity contribution in [2.75, 3.05) is 26.2 Å². The Morgan fingerprint density at radius 3 is 2.39 bits per heavy atom. The van der Waals surface area contributed by atoms with Gasteiger partial charge in [0.2, 0.25) is 0 Å². The van der Waals surface area contributed by atoms with Crippen molar-refractivity contribution in [3.8, 4) is 22.8 Å². The van der Waals surface area contributed by atoms with Gasteiger partial charge in [-0.1, -0.05) is 0 Å². The molecule has 2 aromatic carbocycles. The normalized spacial score (nSPS) is 10.8. The molecular formula is C28H26N6O4. The summed E-state index contributed by atoms with van der Waals surface area (Å²) in [6.07, 6.45) is 7.03. The number of nitrogens with zero attached hydrogens (tertiary/aromatic N) is 6. The summed E-state index contributed by atoms with van der Waals surface area (Å²) >= 11 is 0. The highest BCUT2D eigenvalue weighted by molar-refractivity contribution is 5.91. The molecule has 0 aliphatic heterocycles. The minimum Gasteiger partial charge on any atom is -0.497 e. The van der Waals surface area contributed by atoms with Crippen LogP contribution in [0, 0.1) is 0 Å². The average Bonchev–Trinajstić information content (AvgIpc) is 3.40. The van der Waals surface area contributed by atoms with E-state index in [-0.39, 0.29) is 6.54 Å². The van der Waals surface area contributed by atoms with E-state index in [9.17, 15) is 4.79 Å². The minimum atomic E-state index is -0.457. The van der Waals surface area contributed by atoms with Gasteiger partial charge in [-0.2, -0.15) is 5.10 Å². The maximum Gasteiger partial charge on any atom is 0.339 e. The summed E-state index contributed by atoms with van der Waals surface area (Å²) in [5, 5.41) is 4.24. The number of hydrogen-bond donors (Lipinski definition) is 0. The molecule has 3 heterocycles. The smallest absolute Gasteiger partial charge is 0.339 e. The third-order valence-corrected chi connectivity index (χ3v) is 6.09. The number of ether oxygens (including phenoxy) is 3. The van der Waals surface area contributed by atoms with E-state index in [1.165, 1.54) is 7.11 Å². The topological polar surface area (TPSA) is 104 Å². The van der Waals surface area contributed by atoms with E-state index in [1.807, 2.05) is 48.5 Å². The summed E-state index contributed by atoms with van der Waals surface area (Å²) in [6.45, 7) is 0.267. The highest BCUT2D eigenvalue weighted by atomic mass is 16.5. The second-order valence-corrected chi connectivity index (χ2v) is 8.48. The molecule has 0 aliphatic carbocycles. The molecule has 5 rings (SSSR count). The maximum absolute atomic E-state index is 12.5. The lowest BCUT2D eigenvalue weighted by Crippen LogP contribution is -2.20. The van der Waals surface area contributed by atoms with E-state index in [0.29, 0.717) is 28.3 Å². The lowest BCUT2D eigenvalue weighted by Gasteiger charge is -2.26. The molecule has 5 aromatic rings. The zero-order chi connectivity index (χ0) is 26.6. The number of benzene rings is 2. The van der Waals surface area contributed by atoms with Crippen molar-refractivity contribution in [2.45, 2.75) is 6.54 Å². The fourth-order valence-corrected chi connectivity index (χ4v) is 4.15. The molecule has 0 bridgehead atoms. The van der Waals surface area contributed by atoms with Crippen molar-refractivity contribution in [2.24, 2.45) is 7.05 Å². The Hall–Kier alpha value is -4.99. The van der Waals surface area contributed by atoms with Gasteiger partial charge in [0.05, 0.1) is 68.3 Å². The number of carbonyl (C=O) groups excluding carboxylic acids is 1. The molecule has 0 unspecified atom stereocenters. The molecule has 0 amide bonds. The van der Waals surface area contributed by atoms with Gasteiger partial charge < -0.3 is 19.1 Å². The standard InChI is InChI=1S/C28H26N6O4/c1-33-16-18(14-31-33)26-15-30-24-8-7-19(12-25(24)32-26)34(20-10-21(36-2)13-22(11-20)37-3)17-27-23(28(35)38-4)6-5-9-29-27/h5-16H,17H2,1-4H3. The second-order valence-electron chi connectivity index (χ2n) is 8.48. The van der Waals surface area contributed by atoms with Gasteiger partial charge in [-0.3, -0.25) is 14.6 Å². The highest BCUT2D eigenvalue weighted by Crippen LogP contribution is 2.35. The monoisotopic (exact) mass is 510 g/mol. The highest BCUT2D eigenvalue weighted by Gasteiger charge is 2.20. The Balaban J connectivity index is 1.65. The third kappa shape index (κ3) is 4.96. The van der Waals surface area contributed by atoms with Gasteiger partial charge in [-0.25, -0.2) is 9.78 Å². The van der Waals surface area contributed by atoms with Gasteiger partial charge in [-0.15, -0.1) is 0 Å². The van der Waals surface area contributed by atoms with Crippen molar-refractivity contribution in [3.05, 3.63) is 84.6 Å². The van der Waals surface area contributed by atoms with E-state index < -0.39 is 5.97 Å². The first-order valence-corrected chi connectivity index (χ1v) is 11.8. The van der Waals surface area contributed by atoms with Crippen molar-refractivity contribution < 1.29 is 19.0 Å². The molecule has 0 saturated carbocycles. The van der Waals surface area contributed by atoms with Gasteiger partial charge in [-0.05, 0) is 30.3 Å². The molecule has 0 fully saturated rings. The number of rotatable bonds is 8. The van der Waals surface area contributed by atoms with Crippen molar-refractivity contribution in [1.82, 2.24) is 24.7 Å². The van der Waals surface area contributed by atoms with Crippen LogP contribution in [0.3, 0.4) is 0 Å². The predicted octanol–water partition coefficient (Wildman–Crippen LogP) is 4.57. The summed E-state index contributed by atoms with van der Waals surface area (Å²) in [6, 6.07) is 14.8. The minimum absolute atomic E-state index is 0.267. The molecule has 192 valence electrons. The Morgan fingerprint density at radius 2 is 1.71 bits per heavy atom. The summed E-state index contributed by atoms with van der Waals surface area (Å²) in [5.41, 5.74) is 5.57. The number of hydrogen-bond acceptors (Lipinski definition) is 9. The van der Waals surface area contributed by atoms with Crippen LogP contribution in [-0.4, -0.2) is 52.0 Å². The van der Waals surface area contributed by atoms with E-state index >= 15 is 0 Å².